The lowest BCUT2D eigenvalue weighted by atomic mass is 10.0. The van der Waals surface area contributed by atoms with Crippen molar-refractivity contribution >= 4 is 15.7 Å². The van der Waals surface area contributed by atoms with E-state index in [4.69, 9.17) is 5.73 Å². The number of nitrogens with two attached hydrogens (primary N) is 1. The number of hydrogen-bond donors (Lipinski definition) is 3. The number of rotatable bonds is 10. The average Bonchev–Trinajstić information content (AvgIpc) is 2.82. The van der Waals surface area contributed by atoms with Gasteiger partial charge in [0.25, 0.3) is 0 Å². The van der Waals surface area contributed by atoms with Crippen LogP contribution in [-0.4, -0.2) is 31.5 Å². The zero-order valence-corrected chi connectivity index (χ0v) is 18.7. The molecule has 3 aromatic rings. The predicted octanol–water partition coefficient (Wildman–Crippen LogP) is 2.58. The summed E-state index contributed by atoms with van der Waals surface area (Å²) < 4.78 is 25.3. The predicted molar refractivity (Wildman–Crippen MR) is 128 cm³/mol. The summed E-state index contributed by atoms with van der Waals surface area (Å²) in [5, 5.41) is 11.8. The van der Waals surface area contributed by atoms with Crippen LogP contribution in [0.3, 0.4) is 0 Å². The molecule has 0 aliphatic heterocycles. The third kappa shape index (κ3) is 7.18. The van der Waals surface area contributed by atoms with Crippen LogP contribution < -0.4 is 10.7 Å². The van der Waals surface area contributed by atoms with Crippen LogP contribution in [0.2, 0.25) is 0 Å². The molecule has 0 fully saturated rings. The van der Waals surface area contributed by atoms with E-state index in [-0.39, 0.29) is 10.8 Å². The van der Waals surface area contributed by atoms with Crippen LogP contribution >= 0.6 is 0 Å². The molecule has 0 amide bonds. The zero-order chi connectivity index (χ0) is 22.8. The van der Waals surface area contributed by atoms with Crippen molar-refractivity contribution in [1.82, 2.24) is 0 Å². The molecular formula is C26H29N2O3S+. The largest absolute Gasteiger partial charge is 0.462 e. The smallest absolute Gasteiger partial charge is 0.350 e. The van der Waals surface area contributed by atoms with Crippen molar-refractivity contribution in [1.29, 1.82) is 0 Å². The molecule has 0 radical (unpaired) electrons. The van der Waals surface area contributed by atoms with Gasteiger partial charge >= 0.3 is 5.90 Å². The van der Waals surface area contributed by atoms with E-state index in [1.165, 1.54) is 5.41 Å². The van der Waals surface area contributed by atoms with Gasteiger partial charge in [0, 0.05) is 18.2 Å². The molecule has 166 valence electrons. The Hall–Kier alpha value is -3.22. The molecule has 6 heteroatoms. The van der Waals surface area contributed by atoms with E-state index in [0.717, 1.165) is 17.5 Å². The molecule has 0 heterocycles. The lowest BCUT2D eigenvalue weighted by Crippen LogP contribution is -2.82. The Morgan fingerprint density at radius 2 is 1.41 bits per heavy atom. The first-order valence-electron chi connectivity index (χ1n) is 10.6. The quantitative estimate of drug-likeness (QED) is 0.328. The van der Waals surface area contributed by atoms with Crippen molar-refractivity contribution in [3.63, 3.8) is 0 Å². The van der Waals surface area contributed by atoms with Gasteiger partial charge in [0.2, 0.25) is 0 Å². The highest BCUT2D eigenvalue weighted by Crippen LogP contribution is 2.12. The molecule has 0 saturated heterocycles. The first kappa shape index (κ1) is 23.4. The standard InChI is InChI=1S/C26H28N2O3S/c27-25(20-22-12-6-2-7-13-22)26(29)28-23(17-16-21-10-4-1-5-11-21)18-19-32(30,31)24-14-8-3-9-15-24/h1-15,18-19,23,25H,16-17,20,27H2,(H,28,29)/p+1/b19-18+. The topological polar surface area (TPSA) is 94.4 Å². The first-order chi connectivity index (χ1) is 15.4. The number of sulfone groups is 1. The molecule has 0 bridgehead atoms. The number of aliphatic hydroxyl groups is 1. The molecular weight excluding hydrogens is 420 g/mol. The summed E-state index contributed by atoms with van der Waals surface area (Å²) in [5.41, 5.74) is 8.33. The summed E-state index contributed by atoms with van der Waals surface area (Å²) in [6.45, 7) is 0. The van der Waals surface area contributed by atoms with E-state index in [1.54, 1.807) is 36.4 Å². The highest BCUT2D eigenvalue weighted by molar-refractivity contribution is 7.94. The maximum absolute atomic E-state index is 12.7. The molecule has 0 saturated carbocycles. The van der Waals surface area contributed by atoms with Crippen molar-refractivity contribution in [3.8, 4) is 0 Å². The number of aryl methyl sites for hydroxylation is 1. The second-order valence-electron chi connectivity index (χ2n) is 7.64. The molecule has 2 atom stereocenters. The minimum atomic E-state index is -3.59. The Labute approximate surface area is 189 Å². The van der Waals surface area contributed by atoms with E-state index >= 15 is 0 Å². The molecule has 0 aliphatic rings. The molecule has 2 unspecified atom stereocenters. The van der Waals surface area contributed by atoms with Crippen molar-refractivity contribution in [2.45, 2.75) is 36.2 Å². The summed E-state index contributed by atoms with van der Waals surface area (Å²) >= 11 is 0. The summed E-state index contributed by atoms with van der Waals surface area (Å²) in [7, 11) is -3.59. The zero-order valence-electron chi connectivity index (χ0n) is 17.8. The summed E-state index contributed by atoms with van der Waals surface area (Å²) in [4.78, 5) is 3.26. The summed E-state index contributed by atoms with van der Waals surface area (Å²) in [6.07, 6.45) is 3.36. The van der Waals surface area contributed by atoms with Gasteiger partial charge in [0.05, 0.1) is 4.90 Å². The fraction of sp³-hybridized carbons (Fsp3) is 0.192. The van der Waals surface area contributed by atoms with Crippen LogP contribution in [-0.2, 0) is 22.7 Å². The molecule has 3 aromatic carbocycles. The molecule has 5 nitrogen and oxygen atoms in total. The number of hydrogen-bond acceptors (Lipinski definition) is 3. The van der Waals surface area contributed by atoms with Gasteiger partial charge in [0.1, 0.15) is 6.04 Å². The minimum absolute atomic E-state index is 0.0614. The Morgan fingerprint density at radius 3 is 2.00 bits per heavy atom. The molecule has 0 aliphatic carbocycles. The highest BCUT2D eigenvalue weighted by atomic mass is 32.2. The Kier molecular flexibility index (Phi) is 8.36. The van der Waals surface area contributed by atoms with Crippen molar-refractivity contribution in [3.05, 3.63) is 114 Å². The van der Waals surface area contributed by atoms with Crippen molar-refractivity contribution < 1.29 is 18.5 Å². The van der Waals surface area contributed by atoms with Gasteiger partial charge in [-0.05, 0) is 35.8 Å². The van der Waals surface area contributed by atoms with Crippen LogP contribution in [0.1, 0.15) is 17.5 Å². The van der Waals surface area contributed by atoms with Crippen LogP contribution in [0.25, 0.3) is 0 Å². The molecule has 3 rings (SSSR count). The Morgan fingerprint density at radius 1 is 0.875 bits per heavy atom. The maximum atomic E-state index is 12.7. The van der Waals surface area contributed by atoms with Gasteiger partial charge in [-0.25, -0.2) is 13.4 Å². The molecule has 4 N–H and O–H groups in total. The van der Waals surface area contributed by atoms with Gasteiger partial charge in [0.15, 0.2) is 15.9 Å². The van der Waals surface area contributed by atoms with Crippen LogP contribution in [0.15, 0.2) is 107 Å². The lowest BCUT2D eigenvalue weighted by Gasteiger charge is -2.09. The molecule has 32 heavy (non-hydrogen) atoms. The average molecular weight is 450 g/mol. The van der Waals surface area contributed by atoms with Crippen LogP contribution in [0.4, 0.5) is 0 Å². The third-order valence-corrected chi connectivity index (χ3v) is 6.58. The second-order valence-corrected chi connectivity index (χ2v) is 9.48. The summed E-state index contributed by atoms with van der Waals surface area (Å²) in [5.74, 6) is -0.0614. The summed E-state index contributed by atoms with van der Waals surface area (Å²) in [6, 6.07) is 26.8. The monoisotopic (exact) mass is 449 g/mol. The van der Waals surface area contributed by atoms with Gasteiger partial charge in [-0.3, -0.25) is 0 Å². The SMILES string of the molecule is NC(Cc1ccccc1)C(O)=[NH+]C(/C=C/S(=O)(=O)c1ccccc1)CCc1ccccc1. The molecule has 0 aromatic heterocycles. The fourth-order valence-electron chi connectivity index (χ4n) is 3.33. The number of nitrogens with one attached hydrogen (secondary N) is 1. The van der Waals surface area contributed by atoms with E-state index in [0.29, 0.717) is 12.8 Å². The highest BCUT2D eigenvalue weighted by Gasteiger charge is 2.20. The van der Waals surface area contributed by atoms with Crippen molar-refractivity contribution in [2.24, 2.45) is 5.73 Å². The van der Waals surface area contributed by atoms with E-state index < -0.39 is 21.9 Å². The normalized spacial score (nSPS) is 14.3. The number of aliphatic hydroxyl groups excluding tert-OH is 1. The molecule has 0 spiro atoms. The first-order valence-corrected chi connectivity index (χ1v) is 12.1. The third-order valence-electron chi connectivity index (χ3n) is 5.13. The van der Waals surface area contributed by atoms with Crippen molar-refractivity contribution in [2.75, 3.05) is 0 Å². The van der Waals surface area contributed by atoms with Gasteiger partial charge < -0.3 is 10.8 Å². The lowest BCUT2D eigenvalue weighted by molar-refractivity contribution is -0.500. The van der Waals surface area contributed by atoms with E-state index in [2.05, 4.69) is 4.99 Å². The number of benzene rings is 3. The maximum Gasteiger partial charge on any atom is 0.350 e. The fourth-order valence-corrected chi connectivity index (χ4v) is 4.42. The Balaban J connectivity index is 1.78. The van der Waals surface area contributed by atoms with Crippen LogP contribution in [0, 0.1) is 0 Å². The Bertz CT molecular complexity index is 1130. The van der Waals surface area contributed by atoms with E-state index in [1.807, 2.05) is 60.7 Å². The van der Waals surface area contributed by atoms with Gasteiger partial charge in [-0.1, -0.05) is 78.9 Å². The van der Waals surface area contributed by atoms with Gasteiger partial charge in [-0.2, -0.15) is 0 Å². The minimum Gasteiger partial charge on any atom is -0.462 e. The van der Waals surface area contributed by atoms with E-state index in [9.17, 15) is 13.5 Å². The second kappa shape index (κ2) is 11.4. The van der Waals surface area contributed by atoms with Crippen LogP contribution in [0.5, 0.6) is 0 Å². The van der Waals surface area contributed by atoms with Gasteiger partial charge in [-0.15, -0.1) is 0 Å².